The van der Waals surface area contributed by atoms with E-state index in [1.165, 1.54) is 11.8 Å². The standard InChI is InChI=1S/C25H25NO4S/c1-4-12-31-25(3,24(27)28)19-10-11-22-18(13-19)14-20(30-22)15-21-16(2)29-23(26-21)17-8-6-5-7-9-17/h5-11,13-14H,4,12,15H2,1-3H3,(H,27,28). The molecule has 31 heavy (non-hydrogen) atoms. The van der Waals surface area contributed by atoms with Crippen molar-refractivity contribution in [1.29, 1.82) is 0 Å². The SMILES string of the molecule is CCCSC(C)(C(=O)O)c1ccc2oc(Cc3nc(-c4ccccc4)oc3C)cc2c1. The Hall–Kier alpha value is -2.99. The molecule has 0 bridgehead atoms. The van der Waals surface area contributed by atoms with Crippen molar-refractivity contribution in [3.05, 3.63) is 77.4 Å². The number of carbonyl (C=O) groups is 1. The Balaban J connectivity index is 1.62. The number of furan rings is 1. The third kappa shape index (κ3) is 4.26. The number of aryl methyl sites for hydroxylation is 1. The predicted molar refractivity (Wildman–Crippen MR) is 123 cm³/mol. The van der Waals surface area contributed by atoms with Crippen molar-refractivity contribution >= 4 is 28.7 Å². The fraction of sp³-hybridized carbons (Fsp3) is 0.280. The van der Waals surface area contributed by atoms with Crippen LogP contribution in [0.4, 0.5) is 0 Å². The van der Waals surface area contributed by atoms with Gasteiger partial charge < -0.3 is 13.9 Å². The Morgan fingerprint density at radius 3 is 2.61 bits per heavy atom. The van der Waals surface area contributed by atoms with E-state index in [2.05, 4.69) is 11.9 Å². The zero-order valence-electron chi connectivity index (χ0n) is 17.8. The molecule has 1 atom stereocenters. The number of rotatable bonds is 8. The van der Waals surface area contributed by atoms with E-state index in [1.54, 1.807) is 6.92 Å². The number of carboxylic acid groups (broad SMARTS) is 1. The maximum absolute atomic E-state index is 12.0. The van der Waals surface area contributed by atoms with Crippen LogP contribution in [0.3, 0.4) is 0 Å². The number of nitrogens with zero attached hydrogens (tertiary/aromatic N) is 1. The van der Waals surface area contributed by atoms with E-state index in [9.17, 15) is 9.90 Å². The summed E-state index contributed by atoms with van der Waals surface area (Å²) in [6.07, 6.45) is 1.43. The van der Waals surface area contributed by atoms with E-state index in [0.29, 0.717) is 12.3 Å². The Kier molecular flexibility index (Phi) is 5.92. The van der Waals surface area contributed by atoms with Gasteiger partial charge in [0.1, 0.15) is 21.9 Å². The van der Waals surface area contributed by atoms with E-state index >= 15 is 0 Å². The summed E-state index contributed by atoms with van der Waals surface area (Å²) in [5, 5.41) is 10.7. The van der Waals surface area contributed by atoms with E-state index in [-0.39, 0.29) is 0 Å². The largest absolute Gasteiger partial charge is 0.480 e. The van der Waals surface area contributed by atoms with Crippen LogP contribution >= 0.6 is 11.8 Å². The van der Waals surface area contributed by atoms with Gasteiger partial charge in [0.25, 0.3) is 0 Å². The molecule has 0 aliphatic rings. The zero-order chi connectivity index (χ0) is 22.0. The highest BCUT2D eigenvalue weighted by Crippen LogP contribution is 2.38. The van der Waals surface area contributed by atoms with E-state index < -0.39 is 10.7 Å². The summed E-state index contributed by atoms with van der Waals surface area (Å²) >= 11 is 1.45. The van der Waals surface area contributed by atoms with Crippen molar-refractivity contribution in [2.45, 2.75) is 38.4 Å². The molecule has 4 rings (SSSR count). The molecule has 2 aromatic carbocycles. The first-order valence-electron chi connectivity index (χ1n) is 10.3. The number of benzene rings is 2. The first-order chi connectivity index (χ1) is 14.9. The second-order valence-electron chi connectivity index (χ2n) is 7.72. The van der Waals surface area contributed by atoms with E-state index in [0.717, 1.165) is 51.5 Å². The van der Waals surface area contributed by atoms with Gasteiger partial charge in [-0.2, -0.15) is 0 Å². The summed E-state index contributed by atoms with van der Waals surface area (Å²) in [7, 11) is 0. The second kappa shape index (κ2) is 8.63. The molecule has 0 spiro atoms. The number of carboxylic acids is 1. The molecule has 0 saturated heterocycles. The molecular formula is C25H25NO4S. The molecular weight excluding hydrogens is 410 g/mol. The van der Waals surface area contributed by atoms with Crippen LogP contribution in [0.15, 0.2) is 63.4 Å². The number of hydrogen-bond acceptors (Lipinski definition) is 5. The number of oxazole rings is 1. The Bertz CT molecular complexity index is 1210. The van der Waals surface area contributed by atoms with Crippen LogP contribution < -0.4 is 0 Å². The normalized spacial score (nSPS) is 13.4. The molecule has 0 radical (unpaired) electrons. The molecule has 0 fully saturated rings. The fourth-order valence-corrected chi connectivity index (χ4v) is 4.55. The molecule has 0 saturated carbocycles. The summed E-state index contributed by atoms with van der Waals surface area (Å²) in [6, 6.07) is 17.4. The minimum Gasteiger partial charge on any atom is -0.480 e. The lowest BCUT2D eigenvalue weighted by molar-refractivity contribution is -0.139. The number of aliphatic carboxylic acids is 1. The van der Waals surface area contributed by atoms with Crippen LogP contribution in [0, 0.1) is 6.92 Å². The van der Waals surface area contributed by atoms with Gasteiger partial charge in [-0.25, -0.2) is 4.98 Å². The maximum atomic E-state index is 12.0. The molecule has 1 unspecified atom stereocenters. The molecule has 160 valence electrons. The van der Waals surface area contributed by atoms with E-state index in [4.69, 9.17) is 8.83 Å². The van der Waals surface area contributed by atoms with Gasteiger partial charge in [-0.1, -0.05) is 31.2 Å². The highest BCUT2D eigenvalue weighted by molar-refractivity contribution is 8.00. The van der Waals surface area contributed by atoms with Crippen LogP contribution in [-0.2, 0) is 16.0 Å². The van der Waals surface area contributed by atoms with Crippen LogP contribution in [0.25, 0.3) is 22.4 Å². The Morgan fingerprint density at radius 1 is 1.13 bits per heavy atom. The number of aromatic nitrogens is 1. The van der Waals surface area contributed by atoms with Crippen molar-refractivity contribution in [1.82, 2.24) is 4.98 Å². The van der Waals surface area contributed by atoms with Crippen LogP contribution in [0.2, 0.25) is 0 Å². The molecule has 0 aliphatic carbocycles. The average molecular weight is 436 g/mol. The topological polar surface area (TPSA) is 76.5 Å². The van der Waals surface area contributed by atoms with Gasteiger partial charge in [0.05, 0.1) is 12.1 Å². The summed E-state index contributed by atoms with van der Waals surface area (Å²) in [4.78, 5) is 16.7. The maximum Gasteiger partial charge on any atom is 0.324 e. The van der Waals surface area contributed by atoms with Gasteiger partial charge >= 0.3 is 5.97 Å². The lowest BCUT2D eigenvalue weighted by Crippen LogP contribution is -2.29. The Morgan fingerprint density at radius 2 is 1.90 bits per heavy atom. The highest BCUT2D eigenvalue weighted by atomic mass is 32.2. The fourth-order valence-electron chi connectivity index (χ4n) is 3.52. The van der Waals surface area contributed by atoms with Crippen molar-refractivity contribution in [2.75, 3.05) is 5.75 Å². The van der Waals surface area contributed by atoms with Crippen LogP contribution in [-0.4, -0.2) is 21.8 Å². The third-order valence-electron chi connectivity index (χ3n) is 5.38. The molecule has 2 aromatic heterocycles. The lowest BCUT2D eigenvalue weighted by atomic mass is 9.99. The Labute approximate surface area is 185 Å². The first kappa shape index (κ1) is 21.2. The van der Waals surface area contributed by atoms with Gasteiger partial charge in [0.15, 0.2) is 0 Å². The molecule has 6 heteroatoms. The summed E-state index contributed by atoms with van der Waals surface area (Å²) in [6.45, 7) is 5.72. The summed E-state index contributed by atoms with van der Waals surface area (Å²) in [5.41, 5.74) is 3.26. The smallest absolute Gasteiger partial charge is 0.324 e. The third-order valence-corrected chi connectivity index (χ3v) is 6.98. The quantitative estimate of drug-likeness (QED) is 0.344. The first-order valence-corrected chi connectivity index (χ1v) is 11.3. The number of thioether (sulfide) groups is 1. The van der Waals surface area contributed by atoms with Crippen molar-refractivity contribution in [3.63, 3.8) is 0 Å². The number of fused-ring (bicyclic) bond motifs is 1. The van der Waals surface area contributed by atoms with E-state index in [1.807, 2.05) is 61.5 Å². The lowest BCUT2D eigenvalue weighted by Gasteiger charge is -2.24. The van der Waals surface area contributed by atoms with Gasteiger partial charge in [-0.15, -0.1) is 11.8 Å². The molecule has 2 heterocycles. The molecule has 5 nitrogen and oxygen atoms in total. The van der Waals surface area contributed by atoms with Gasteiger partial charge in [0.2, 0.25) is 5.89 Å². The molecule has 0 amide bonds. The van der Waals surface area contributed by atoms with Crippen molar-refractivity contribution in [3.8, 4) is 11.5 Å². The van der Waals surface area contributed by atoms with Gasteiger partial charge in [-0.3, -0.25) is 4.79 Å². The van der Waals surface area contributed by atoms with Crippen LogP contribution in [0.5, 0.6) is 0 Å². The minimum atomic E-state index is -0.991. The highest BCUT2D eigenvalue weighted by Gasteiger charge is 2.35. The monoisotopic (exact) mass is 435 g/mol. The van der Waals surface area contributed by atoms with Crippen molar-refractivity contribution < 1.29 is 18.7 Å². The summed E-state index contributed by atoms with van der Waals surface area (Å²) < 4.78 is 10.9. The molecule has 0 aliphatic heterocycles. The summed E-state index contributed by atoms with van der Waals surface area (Å²) in [5.74, 6) is 2.07. The minimum absolute atomic E-state index is 0.507. The number of hydrogen-bond donors (Lipinski definition) is 1. The van der Waals surface area contributed by atoms with Crippen molar-refractivity contribution in [2.24, 2.45) is 0 Å². The second-order valence-corrected chi connectivity index (χ2v) is 9.23. The van der Waals surface area contributed by atoms with Gasteiger partial charge in [-0.05, 0) is 61.9 Å². The molecule has 4 aromatic rings. The predicted octanol–water partition coefficient (Wildman–Crippen LogP) is 6.43. The zero-order valence-corrected chi connectivity index (χ0v) is 18.7. The molecule has 1 N–H and O–H groups in total. The van der Waals surface area contributed by atoms with Crippen LogP contribution in [0.1, 0.15) is 43.0 Å². The average Bonchev–Trinajstić information content (AvgIpc) is 3.34. The van der Waals surface area contributed by atoms with Gasteiger partial charge in [0, 0.05) is 10.9 Å².